The quantitative estimate of drug-likeness (QED) is 0.511. The van der Waals surface area contributed by atoms with E-state index in [9.17, 15) is 0 Å². The van der Waals surface area contributed by atoms with Crippen molar-refractivity contribution in [3.8, 4) is 0 Å². The third-order valence-corrected chi connectivity index (χ3v) is 3.61. The molecular formula is C7H12OS. The van der Waals surface area contributed by atoms with E-state index in [2.05, 4.69) is 11.8 Å². The van der Waals surface area contributed by atoms with Gasteiger partial charge >= 0.3 is 0 Å². The summed E-state index contributed by atoms with van der Waals surface area (Å²) in [6.45, 7) is 1.02. The molecule has 2 heterocycles. The van der Waals surface area contributed by atoms with Crippen LogP contribution in [0.5, 0.6) is 0 Å². The molecule has 2 atom stereocenters. The monoisotopic (exact) mass is 144 g/mol. The number of hydrogen-bond donors (Lipinski definition) is 0. The second kappa shape index (κ2) is 2.51. The molecule has 0 aromatic carbocycles. The average Bonchev–Trinajstić information content (AvgIpc) is 2.33. The molecule has 9 heavy (non-hydrogen) atoms. The lowest BCUT2D eigenvalue weighted by Gasteiger charge is -2.22. The minimum atomic E-state index is 0.628. The summed E-state index contributed by atoms with van der Waals surface area (Å²) in [5.41, 5.74) is 0. The first-order valence-electron chi connectivity index (χ1n) is 3.70. The largest absolute Gasteiger partial charge is 0.377 e. The molecule has 0 radical (unpaired) electrons. The highest BCUT2D eigenvalue weighted by molar-refractivity contribution is 8.00. The van der Waals surface area contributed by atoms with Crippen LogP contribution in [0.1, 0.15) is 19.3 Å². The summed E-state index contributed by atoms with van der Waals surface area (Å²) in [6.07, 6.45) is 4.61. The van der Waals surface area contributed by atoms with Crippen molar-refractivity contribution in [3.63, 3.8) is 0 Å². The van der Waals surface area contributed by atoms with E-state index in [4.69, 9.17) is 4.74 Å². The van der Waals surface area contributed by atoms with Gasteiger partial charge in [0, 0.05) is 11.9 Å². The van der Waals surface area contributed by atoms with Crippen molar-refractivity contribution in [1.29, 1.82) is 0 Å². The zero-order chi connectivity index (χ0) is 6.10. The first-order valence-corrected chi connectivity index (χ1v) is 4.75. The smallest absolute Gasteiger partial charge is 0.0694 e. The van der Waals surface area contributed by atoms with Crippen LogP contribution in [0.15, 0.2) is 0 Å². The zero-order valence-corrected chi connectivity index (χ0v) is 6.32. The second-order valence-electron chi connectivity index (χ2n) is 2.75. The molecule has 0 spiro atoms. The number of hydrogen-bond acceptors (Lipinski definition) is 2. The summed E-state index contributed by atoms with van der Waals surface area (Å²) >= 11 is 2.11. The van der Waals surface area contributed by atoms with Gasteiger partial charge in [-0.3, -0.25) is 0 Å². The molecule has 0 amide bonds. The van der Waals surface area contributed by atoms with Gasteiger partial charge in [0.2, 0.25) is 0 Å². The fourth-order valence-electron chi connectivity index (χ4n) is 1.61. The Bertz CT molecular complexity index is 93.1. The van der Waals surface area contributed by atoms with E-state index in [1.54, 1.807) is 0 Å². The van der Waals surface area contributed by atoms with Crippen molar-refractivity contribution < 1.29 is 4.74 Å². The minimum absolute atomic E-state index is 0.628. The van der Waals surface area contributed by atoms with Gasteiger partial charge in [0.05, 0.1) is 6.10 Å². The maximum atomic E-state index is 5.54. The standard InChI is InChI=1S/C7H12OS/c1-2-6-7(9-5-1)3-4-8-6/h6-7H,1-5H2. The molecule has 0 aromatic rings. The third kappa shape index (κ3) is 1.10. The molecule has 1 nitrogen and oxygen atoms in total. The molecule has 0 aliphatic carbocycles. The van der Waals surface area contributed by atoms with E-state index in [0.29, 0.717) is 6.10 Å². The van der Waals surface area contributed by atoms with Gasteiger partial charge in [-0.1, -0.05) is 0 Å². The second-order valence-corrected chi connectivity index (χ2v) is 4.10. The van der Waals surface area contributed by atoms with Crippen LogP contribution in [0, 0.1) is 0 Å². The first kappa shape index (κ1) is 6.05. The van der Waals surface area contributed by atoms with Gasteiger partial charge in [0.15, 0.2) is 0 Å². The Morgan fingerprint density at radius 2 is 2.33 bits per heavy atom. The van der Waals surface area contributed by atoms with Crippen molar-refractivity contribution in [3.05, 3.63) is 0 Å². The molecule has 0 saturated carbocycles. The van der Waals surface area contributed by atoms with Gasteiger partial charge in [-0.2, -0.15) is 11.8 Å². The Kier molecular flexibility index (Phi) is 1.68. The molecule has 2 saturated heterocycles. The van der Waals surface area contributed by atoms with Crippen LogP contribution in [-0.4, -0.2) is 23.7 Å². The molecular weight excluding hydrogens is 132 g/mol. The summed E-state index contributed by atoms with van der Waals surface area (Å²) in [6, 6.07) is 0. The highest BCUT2D eigenvalue weighted by Gasteiger charge is 2.30. The fourth-order valence-corrected chi connectivity index (χ4v) is 2.94. The van der Waals surface area contributed by atoms with E-state index >= 15 is 0 Å². The van der Waals surface area contributed by atoms with Crippen LogP contribution in [0.25, 0.3) is 0 Å². The highest BCUT2D eigenvalue weighted by Crippen LogP contribution is 2.33. The predicted molar refractivity (Wildman–Crippen MR) is 39.8 cm³/mol. The molecule has 52 valence electrons. The molecule has 0 N–H and O–H groups in total. The normalized spacial score (nSPS) is 42.7. The Hall–Kier alpha value is 0.310. The van der Waals surface area contributed by atoms with Gasteiger partial charge in [0.1, 0.15) is 0 Å². The maximum absolute atomic E-state index is 5.54. The summed E-state index contributed by atoms with van der Waals surface area (Å²) in [4.78, 5) is 0. The SMILES string of the molecule is C1CSC2CCOC2C1. The summed E-state index contributed by atoms with van der Waals surface area (Å²) in [5.74, 6) is 1.37. The Labute approximate surface area is 60.2 Å². The van der Waals surface area contributed by atoms with Crippen molar-refractivity contribution in [2.24, 2.45) is 0 Å². The van der Waals surface area contributed by atoms with Crippen molar-refractivity contribution >= 4 is 11.8 Å². The molecule has 2 fully saturated rings. The highest BCUT2D eigenvalue weighted by atomic mass is 32.2. The number of rotatable bonds is 0. The molecule has 2 aliphatic rings. The summed E-state index contributed by atoms with van der Waals surface area (Å²) < 4.78 is 5.54. The van der Waals surface area contributed by atoms with Crippen LogP contribution >= 0.6 is 11.8 Å². The van der Waals surface area contributed by atoms with E-state index in [0.717, 1.165) is 11.9 Å². The van der Waals surface area contributed by atoms with E-state index in [1.165, 1.54) is 25.0 Å². The fraction of sp³-hybridized carbons (Fsp3) is 1.00. The Morgan fingerprint density at radius 1 is 1.33 bits per heavy atom. The summed E-state index contributed by atoms with van der Waals surface area (Å²) in [5, 5.41) is 0.860. The van der Waals surface area contributed by atoms with E-state index in [1.807, 2.05) is 0 Å². The van der Waals surface area contributed by atoms with Crippen molar-refractivity contribution in [1.82, 2.24) is 0 Å². The first-order chi connectivity index (χ1) is 4.47. The molecule has 0 bridgehead atoms. The maximum Gasteiger partial charge on any atom is 0.0694 e. The average molecular weight is 144 g/mol. The van der Waals surface area contributed by atoms with Crippen LogP contribution in [0.3, 0.4) is 0 Å². The van der Waals surface area contributed by atoms with Crippen LogP contribution in [0.2, 0.25) is 0 Å². The zero-order valence-electron chi connectivity index (χ0n) is 5.51. The van der Waals surface area contributed by atoms with Crippen LogP contribution < -0.4 is 0 Å². The minimum Gasteiger partial charge on any atom is -0.377 e. The van der Waals surface area contributed by atoms with Crippen molar-refractivity contribution in [2.45, 2.75) is 30.6 Å². The lowest BCUT2D eigenvalue weighted by molar-refractivity contribution is 0.104. The summed E-state index contributed by atoms with van der Waals surface area (Å²) in [7, 11) is 0. The molecule has 2 aliphatic heterocycles. The molecule has 0 aromatic heterocycles. The van der Waals surface area contributed by atoms with E-state index in [-0.39, 0.29) is 0 Å². The Balaban J connectivity index is 1.97. The predicted octanol–water partition coefficient (Wildman–Crippen LogP) is 1.67. The van der Waals surface area contributed by atoms with Crippen LogP contribution in [0.4, 0.5) is 0 Å². The van der Waals surface area contributed by atoms with Gasteiger partial charge in [-0.15, -0.1) is 0 Å². The third-order valence-electron chi connectivity index (χ3n) is 2.11. The van der Waals surface area contributed by atoms with Gasteiger partial charge in [0.25, 0.3) is 0 Å². The van der Waals surface area contributed by atoms with Gasteiger partial charge in [-0.05, 0) is 25.0 Å². The lowest BCUT2D eigenvalue weighted by atomic mass is 10.1. The van der Waals surface area contributed by atoms with Crippen molar-refractivity contribution in [2.75, 3.05) is 12.4 Å². The van der Waals surface area contributed by atoms with Gasteiger partial charge < -0.3 is 4.74 Å². The molecule has 2 unspecified atom stereocenters. The topological polar surface area (TPSA) is 9.23 Å². The molecule has 2 heteroatoms. The number of thioether (sulfide) groups is 1. The number of ether oxygens (including phenoxy) is 1. The Morgan fingerprint density at radius 3 is 3.22 bits per heavy atom. The number of fused-ring (bicyclic) bond motifs is 1. The molecule has 2 rings (SSSR count). The van der Waals surface area contributed by atoms with Crippen LogP contribution in [-0.2, 0) is 4.74 Å². The van der Waals surface area contributed by atoms with Gasteiger partial charge in [-0.25, -0.2) is 0 Å². The van der Waals surface area contributed by atoms with E-state index < -0.39 is 0 Å². The lowest BCUT2D eigenvalue weighted by Crippen LogP contribution is -2.22.